The summed E-state index contributed by atoms with van der Waals surface area (Å²) >= 11 is 5.57. The van der Waals surface area contributed by atoms with Gasteiger partial charge in [-0.1, -0.05) is 12.1 Å². The zero-order valence-electron chi connectivity index (χ0n) is 5.80. The minimum atomic E-state index is 0.453. The predicted molar refractivity (Wildman–Crippen MR) is 45.3 cm³/mol. The average Bonchev–Trinajstić information content (AvgIpc) is 2.06. The molecule has 0 atom stereocenters. The van der Waals surface area contributed by atoms with Crippen LogP contribution in [0.4, 0.5) is 5.69 Å². The van der Waals surface area contributed by atoms with Crippen molar-refractivity contribution >= 4 is 23.7 Å². The Morgan fingerprint density at radius 2 is 2.36 bits per heavy atom. The highest BCUT2D eigenvalue weighted by Crippen LogP contribution is 2.11. The lowest BCUT2D eigenvalue weighted by molar-refractivity contribution is 0.561. The maximum atomic E-state index is 9.90. The maximum absolute atomic E-state index is 9.90. The molecule has 0 saturated heterocycles. The van der Waals surface area contributed by atoms with Gasteiger partial charge >= 0.3 is 6.41 Å². The van der Waals surface area contributed by atoms with Crippen molar-refractivity contribution in [2.75, 3.05) is 5.32 Å². The Labute approximate surface area is 70.2 Å². The van der Waals surface area contributed by atoms with Crippen LogP contribution in [-0.4, -0.2) is 6.41 Å². The second-order valence-corrected chi connectivity index (χ2v) is 2.33. The van der Waals surface area contributed by atoms with Crippen LogP contribution in [0.3, 0.4) is 0 Å². The number of carbonyl (C=O) groups excluding carboxylic acids is 1. The molecule has 1 aromatic carbocycles. The van der Waals surface area contributed by atoms with Gasteiger partial charge in [0.05, 0.1) is 0 Å². The molecule has 11 heavy (non-hydrogen) atoms. The van der Waals surface area contributed by atoms with Gasteiger partial charge in [-0.25, -0.2) is 0 Å². The summed E-state index contributed by atoms with van der Waals surface area (Å²) in [6.45, 7) is 0. The predicted octanol–water partition coefficient (Wildman–Crippen LogP) is 1.90. The van der Waals surface area contributed by atoms with Crippen LogP contribution in [-0.2, 0) is 10.7 Å². The van der Waals surface area contributed by atoms with Crippen molar-refractivity contribution in [3.8, 4) is 0 Å². The second kappa shape index (κ2) is 3.98. The average molecular weight is 169 g/mol. The van der Waals surface area contributed by atoms with E-state index < -0.39 is 0 Å². The van der Waals surface area contributed by atoms with E-state index in [0.717, 1.165) is 11.3 Å². The number of nitrogens with one attached hydrogen (secondary N) is 1. The van der Waals surface area contributed by atoms with E-state index in [1.165, 1.54) is 0 Å². The first kappa shape index (κ1) is 8.08. The van der Waals surface area contributed by atoms with Crippen LogP contribution in [0.15, 0.2) is 24.3 Å². The SMILES string of the molecule is O=[C]Nc1cccc(CCl)c1. The zero-order valence-corrected chi connectivity index (χ0v) is 6.56. The molecule has 1 radical (unpaired) electrons. The first-order valence-corrected chi connectivity index (χ1v) is 3.68. The maximum Gasteiger partial charge on any atom is 0.314 e. The second-order valence-electron chi connectivity index (χ2n) is 2.06. The lowest BCUT2D eigenvalue weighted by atomic mass is 10.2. The molecule has 0 unspecified atom stereocenters. The molecule has 1 rings (SSSR count). The standard InChI is InChI=1S/C8H7ClNO/c9-5-7-2-1-3-8(4-7)10-6-11/h1-4H,5H2,(H,10,11). The molecule has 1 N–H and O–H groups in total. The van der Waals surface area contributed by atoms with Crippen molar-refractivity contribution in [2.45, 2.75) is 5.88 Å². The van der Waals surface area contributed by atoms with Crippen LogP contribution in [0, 0.1) is 0 Å². The Kier molecular flexibility index (Phi) is 2.93. The van der Waals surface area contributed by atoms with Gasteiger partial charge in [0.2, 0.25) is 0 Å². The van der Waals surface area contributed by atoms with Crippen LogP contribution in [0.5, 0.6) is 0 Å². The molecule has 0 bridgehead atoms. The molecule has 0 fully saturated rings. The first-order chi connectivity index (χ1) is 5.36. The molecular formula is C8H7ClNO. The number of hydrogen-bond acceptors (Lipinski definition) is 1. The fraction of sp³-hybridized carbons (Fsp3) is 0.125. The fourth-order valence-corrected chi connectivity index (χ4v) is 0.957. The summed E-state index contributed by atoms with van der Waals surface area (Å²) in [6.07, 6.45) is 1.59. The lowest BCUT2D eigenvalue weighted by Crippen LogP contribution is -1.93. The molecule has 0 aliphatic rings. The van der Waals surface area contributed by atoms with Crippen molar-refractivity contribution in [2.24, 2.45) is 0 Å². The van der Waals surface area contributed by atoms with Crippen molar-refractivity contribution in [1.82, 2.24) is 0 Å². The van der Waals surface area contributed by atoms with E-state index in [1.807, 2.05) is 12.1 Å². The van der Waals surface area contributed by atoms with Gasteiger partial charge in [-0.05, 0) is 17.7 Å². The third-order valence-electron chi connectivity index (χ3n) is 1.28. The number of benzene rings is 1. The van der Waals surface area contributed by atoms with E-state index in [-0.39, 0.29) is 0 Å². The molecule has 0 spiro atoms. The number of hydrogen-bond donors (Lipinski definition) is 1. The fourth-order valence-electron chi connectivity index (χ4n) is 0.791. The van der Waals surface area contributed by atoms with Crippen molar-refractivity contribution in [3.63, 3.8) is 0 Å². The van der Waals surface area contributed by atoms with Crippen molar-refractivity contribution in [1.29, 1.82) is 0 Å². The highest BCUT2D eigenvalue weighted by molar-refractivity contribution is 6.17. The summed E-state index contributed by atoms with van der Waals surface area (Å²) in [5, 5.41) is 2.42. The Bertz CT molecular complexity index is 250. The number of halogens is 1. The van der Waals surface area contributed by atoms with Gasteiger partial charge < -0.3 is 5.32 Å². The lowest BCUT2D eigenvalue weighted by Gasteiger charge is -1.98. The third-order valence-corrected chi connectivity index (χ3v) is 1.59. The molecule has 3 heteroatoms. The van der Waals surface area contributed by atoms with Gasteiger partial charge in [-0.3, -0.25) is 4.79 Å². The summed E-state index contributed by atoms with van der Waals surface area (Å²) < 4.78 is 0. The Morgan fingerprint density at radius 3 is 3.00 bits per heavy atom. The van der Waals surface area contributed by atoms with Crippen LogP contribution >= 0.6 is 11.6 Å². The van der Waals surface area contributed by atoms with Gasteiger partial charge in [-0.2, -0.15) is 0 Å². The molecule has 0 aromatic heterocycles. The topological polar surface area (TPSA) is 29.1 Å². The summed E-state index contributed by atoms with van der Waals surface area (Å²) in [5.41, 5.74) is 1.70. The smallest absolute Gasteiger partial charge is 0.314 e. The minimum Gasteiger partial charge on any atom is -0.318 e. The summed E-state index contributed by atoms with van der Waals surface area (Å²) in [7, 11) is 0. The van der Waals surface area contributed by atoms with E-state index in [1.54, 1.807) is 18.5 Å². The molecule has 1 amide bonds. The number of alkyl halides is 1. The number of amides is 1. The highest BCUT2D eigenvalue weighted by atomic mass is 35.5. The normalized spacial score (nSPS) is 9.18. The van der Waals surface area contributed by atoms with Crippen LogP contribution < -0.4 is 5.32 Å². The summed E-state index contributed by atoms with van der Waals surface area (Å²) in [4.78, 5) is 9.90. The first-order valence-electron chi connectivity index (χ1n) is 3.15. The van der Waals surface area contributed by atoms with Gasteiger partial charge in [0.25, 0.3) is 0 Å². The Morgan fingerprint density at radius 1 is 1.55 bits per heavy atom. The molecular weight excluding hydrogens is 162 g/mol. The zero-order chi connectivity index (χ0) is 8.10. The summed E-state index contributed by atoms with van der Waals surface area (Å²) in [5.74, 6) is 0.453. The van der Waals surface area contributed by atoms with E-state index in [9.17, 15) is 4.79 Å². The Hall–Kier alpha value is -1.02. The van der Waals surface area contributed by atoms with Gasteiger partial charge in [-0.15, -0.1) is 11.6 Å². The van der Waals surface area contributed by atoms with E-state index >= 15 is 0 Å². The molecule has 0 saturated carbocycles. The molecule has 2 nitrogen and oxygen atoms in total. The monoisotopic (exact) mass is 168 g/mol. The Balaban J connectivity index is 2.82. The van der Waals surface area contributed by atoms with Gasteiger partial charge in [0.1, 0.15) is 0 Å². The number of anilines is 1. The van der Waals surface area contributed by atoms with Crippen molar-refractivity contribution in [3.05, 3.63) is 29.8 Å². The third kappa shape index (κ3) is 2.24. The van der Waals surface area contributed by atoms with E-state index in [4.69, 9.17) is 11.6 Å². The minimum absolute atomic E-state index is 0.453. The van der Waals surface area contributed by atoms with E-state index in [0.29, 0.717) is 5.88 Å². The van der Waals surface area contributed by atoms with Crippen LogP contribution in [0.1, 0.15) is 5.56 Å². The largest absolute Gasteiger partial charge is 0.318 e. The molecule has 57 valence electrons. The molecule has 0 aliphatic heterocycles. The van der Waals surface area contributed by atoms with Gasteiger partial charge in [0, 0.05) is 11.6 Å². The highest BCUT2D eigenvalue weighted by Gasteiger charge is 1.92. The van der Waals surface area contributed by atoms with Crippen LogP contribution in [0.25, 0.3) is 0 Å². The molecule has 0 heterocycles. The van der Waals surface area contributed by atoms with Crippen molar-refractivity contribution < 1.29 is 4.79 Å². The van der Waals surface area contributed by atoms with E-state index in [2.05, 4.69) is 5.32 Å². The quantitative estimate of drug-likeness (QED) is 0.542. The molecule has 0 aliphatic carbocycles. The van der Waals surface area contributed by atoms with Crippen LogP contribution in [0.2, 0.25) is 0 Å². The summed E-state index contributed by atoms with van der Waals surface area (Å²) in [6, 6.07) is 7.30. The number of rotatable bonds is 3. The molecule has 1 aromatic rings. The van der Waals surface area contributed by atoms with Gasteiger partial charge in [0.15, 0.2) is 0 Å².